The molecule has 0 fully saturated rings. The van der Waals surface area contributed by atoms with Gasteiger partial charge in [-0.3, -0.25) is 4.79 Å². The van der Waals surface area contributed by atoms with Gasteiger partial charge < -0.3 is 9.64 Å². The number of carbonyl (C=O) groups excluding carboxylic acids is 1. The molecule has 0 saturated carbocycles. The van der Waals surface area contributed by atoms with E-state index in [1.54, 1.807) is 17.0 Å². The van der Waals surface area contributed by atoms with Crippen LogP contribution in [0.25, 0.3) is 0 Å². The molecule has 1 amide bonds. The number of hydrogen-bond acceptors (Lipinski definition) is 3. The standard InChI is InChI=1S/C18H16N2O2/c1-20-10-9-15-16(18(20)21)3-2-4-17(15)22-12-14-7-5-13(11-19)6-8-14/h2-8H,9-10,12H2,1H3. The lowest BCUT2D eigenvalue weighted by molar-refractivity contribution is 0.0779. The SMILES string of the molecule is CN1CCc2c(OCc3ccc(C#N)cc3)cccc2C1=O. The molecule has 4 heteroatoms. The molecule has 3 rings (SSSR count). The summed E-state index contributed by atoms with van der Waals surface area (Å²) in [5, 5.41) is 8.80. The van der Waals surface area contributed by atoms with Crippen molar-refractivity contribution in [2.45, 2.75) is 13.0 Å². The topological polar surface area (TPSA) is 53.3 Å². The van der Waals surface area contributed by atoms with Crippen LogP contribution in [0.4, 0.5) is 0 Å². The molecule has 110 valence electrons. The minimum Gasteiger partial charge on any atom is -0.489 e. The van der Waals surface area contributed by atoms with Crippen LogP contribution in [0.15, 0.2) is 42.5 Å². The third-order valence-corrected chi connectivity index (χ3v) is 3.88. The van der Waals surface area contributed by atoms with Crippen molar-refractivity contribution in [3.05, 3.63) is 64.7 Å². The van der Waals surface area contributed by atoms with E-state index in [9.17, 15) is 4.79 Å². The quantitative estimate of drug-likeness (QED) is 0.874. The summed E-state index contributed by atoms with van der Waals surface area (Å²) in [7, 11) is 1.82. The second-order valence-electron chi connectivity index (χ2n) is 5.36. The Labute approximate surface area is 129 Å². The molecule has 0 N–H and O–H groups in total. The molecule has 2 aromatic carbocycles. The summed E-state index contributed by atoms with van der Waals surface area (Å²) in [5.41, 5.74) is 3.34. The first kappa shape index (κ1) is 14.2. The lowest BCUT2D eigenvalue weighted by Crippen LogP contribution is -2.34. The second-order valence-corrected chi connectivity index (χ2v) is 5.36. The van der Waals surface area contributed by atoms with Crippen LogP contribution in [0.1, 0.15) is 27.0 Å². The van der Waals surface area contributed by atoms with Crippen LogP contribution in [0.5, 0.6) is 5.75 Å². The van der Waals surface area contributed by atoms with E-state index in [1.807, 2.05) is 37.4 Å². The molecule has 1 heterocycles. The average molecular weight is 292 g/mol. The van der Waals surface area contributed by atoms with E-state index < -0.39 is 0 Å². The highest BCUT2D eigenvalue weighted by Gasteiger charge is 2.23. The Morgan fingerprint density at radius 2 is 2.00 bits per heavy atom. The lowest BCUT2D eigenvalue weighted by atomic mass is 9.98. The average Bonchev–Trinajstić information content (AvgIpc) is 2.57. The number of amides is 1. The van der Waals surface area contributed by atoms with Gasteiger partial charge in [-0.15, -0.1) is 0 Å². The van der Waals surface area contributed by atoms with Crippen molar-refractivity contribution in [2.75, 3.05) is 13.6 Å². The minimum absolute atomic E-state index is 0.0464. The van der Waals surface area contributed by atoms with Crippen LogP contribution in [0.3, 0.4) is 0 Å². The minimum atomic E-state index is 0.0464. The zero-order valence-corrected chi connectivity index (χ0v) is 12.4. The molecule has 0 saturated heterocycles. The predicted octanol–water partition coefficient (Wildman–Crippen LogP) is 2.77. The maximum Gasteiger partial charge on any atom is 0.254 e. The zero-order valence-electron chi connectivity index (χ0n) is 12.4. The third kappa shape index (κ3) is 2.66. The van der Waals surface area contributed by atoms with E-state index in [4.69, 9.17) is 10.00 Å². The van der Waals surface area contributed by atoms with Gasteiger partial charge in [0.15, 0.2) is 0 Å². The number of nitrogens with zero attached hydrogens (tertiary/aromatic N) is 2. The number of carbonyl (C=O) groups is 1. The number of likely N-dealkylation sites (N-methyl/N-ethyl adjacent to an activating group) is 1. The van der Waals surface area contributed by atoms with Gasteiger partial charge in [0.1, 0.15) is 12.4 Å². The Morgan fingerprint density at radius 1 is 1.23 bits per heavy atom. The fourth-order valence-corrected chi connectivity index (χ4v) is 2.58. The fourth-order valence-electron chi connectivity index (χ4n) is 2.58. The molecule has 1 aliphatic rings. The zero-order chi connectivity index (χ0) is 15.5. The van der Waals surface area contributed by atoms with Crippen LogP contribution >= 0.6 is 0 Å². The molecule has 0 aromatic heterocycles. The van der Waals surface area contributed by atoms with Gasteiger partial charge in [0.25, 0.3) is 5.91 Å². The van der Waals surface area contributed by atoms with Crippen molar-refractivity contribution in [2.24, 2.45) is 0 Å². The Hall–Kier alpha value is -2.80. The molecule has 0 aliphatic carbocycles. The molecule has 22 heavy (non-hydrogen) atoms. The first-order valence-corrected chi connectivity index (χ1v) is 7.18. The molecule has 1 aliphatic heterocycles. The van der Waals surface area contributed by atoms with Crippen molar-refractivity contribution in [3.63, 3.8) is 0 Å². The van der Waals surface area contributed by atoms with Crippen LogP contribution in [0, 0.1) is 11.3 Å². The van der Waals surface area contributed by atoms with Crippen molar-refractivity contribution in [1.29, 1.82) is 5.26 Å². The molecule has 0 radical (unpaired) electrons. The van der Waals surface area contributed by atoms with Gasteiger partial charge in [0, 0.05) is 24.7 Å². The fraction of sp³-hybridized carbons (Fsp3) is 0.222. The Balaban J connectivity index is 1.79. The van der Waals surface area contributed by atoms with Gasteiger partial charge in [0.05, 0.1) is 11.6 Å². The maximum absolute atomic E-state index is 12.2. The number of ether oxygens (including phenoxy) is 1. The smallest absolute Gasteiger partial charge is 0.254 e. The summed E-state index contributed by atoms with van der Waals surface area (Å²) in [6.45, 7) is 1.13. The first-order valence-electron chi connectivity index (χ1n) is 7.18. The summed E-state index contributed by atoms with van der Waals surface area (Å²) < 4.78 is 5.89. The van der Waals surface area contributed by atoms with Crippen molar-refractivity contribution in [3.8, 4) is 11.8 Å². The molecular formula is C18H16N2O2. The van der Waals surface area contributed by atoms with E-state index in [0.29, 0.717) is 18.7 Å². The summed E-state index contributed by atoms with van der Waals surface area (Å²) in [4.78, 5) is 13.9. The molecule has 4 nitrogen and oxygen atoms in total. The largest absolute Gasteiger partial charge is 0.489 e. The van der Waals surface area contributed by atoms with E-state index in [1.165, 1.54) is 0 Å². The number of fused-ring (bicyclic) bond motifs is 1. The number of hydrogen-bond donors (Lipinski definition) is 0. The van der Waals surface area contributed by atoms with E-state index in [0.717, 1.165) is 28.9 Å². The van der Waals surface area contributed by atoms with Gasteiger partial charge in [-0.05, 0) is 36.2 Å². The molecule has 0 atom stereocenters. The van der Waals surface area contributed by atoms with Gasteiger partial charge in [-0.25, -0.2) is 0 Å². The monoisotopic (exact) mass is 292 g/mol. The van der Waals surface area contributed by atoms with Crippen molar-refractivity contribution >= 4 is 5.91 Å². The van der Waals surface area contributed by atoms with Crippen LogP contribution in [0.2, 0.25) is 0 Å². The maximum atomic E-state index is 12.2. The predicted molar refractivity (Wildman–Crippen MR) is 82.6 cm³/mol. The molecule has 0 spiro atoms. The van der Waals surface area contributed by atoms with Crippen molar-refractivity contribution in [1.82, 2.24) is 4.90 Å². The Kier molecular flexibility index (Phi) is 3.80. The van der Waals surface area contributed by atoms with Gasteiger partial charge >= 0.3 is 0 Å². The first-order chi connectivity index (χ1) is 10.7. The van der Waals surface area contributed by atoms with Gasteiger partial charge in [-0.1, -0.05) is 18.2 Å². The summed E-state index contributed by atoms with van der Waals surface area (Å²) in [6, 6.07) is 15.0. The van der Waals surface area contributed by atoms with E-state index in [2.05, 4.69) is 6.07 Å². The molecular weight excluding hydrogens is 276 g/mol. The Bertz CT molecular complexity index is 745. The lowest BCUT2D eigenvalue weighted by Gasteiger charge is -2.26. The highest BCUT2D eigenvalue weighted by Crippen LogP contribution is 2.28. The summed E-state index contributed by atoms with van der Waals surface area (Å²) in [5.74, 6) is 0.813. The van der Waals surface area contributed by atoms with Crippen LogP contribution in [-0.2, 0) is 13.0 Å². The third-order valence-electron chi connectivity index (χ3n) is 3.88. The highest BCUT2D eigenvalue weighted by atomic mass is 16.5. The van der Waals surface area contributed by atoms with E-state index >= 15 is 0 Å². The van der Waals surface area contributed by atoms with Gasteiger partial charge in [-0.2, -0.15) is 5.26 Å². The Morgan fingerprint density at radius 3 is 2.73 bits per heavy atom. The van der Waals surface area contributed by atoms with E-state index in [-0.39, 0.29) is 5.91 Å². The number of benzene rings is 2. The van der Waals surface area contributed by atoms with Gasteiger partial charge in [0.2, 0.25) is 0 Å². The van der Waals surface area contributed by atoms with Crippen LogP contribution < -0.4 is 4.74 Å². The van der Waals surface area contributed by atoms with Crippen LogP contribution in [-0.4, -0.2) is 24.4 Å². The molecule has 0 unspecified atom stereocenters. The highest BCUT2D eigenvalue weighted by molar-refractivity contribution is 5.97. The number of rotatable bonds is 3. The summed E-state index contributed by atoms with van der Waals surface area (Å²) >= 11 is 0. The molecule has 2 aromatic rings. The molecule has 0 bridgehead atoms. The normalized spacial score (nSPS) is 13.5. The second kappa shape index (κ2) is 5.90. The number of nitriles is 1. The summed E-state index contributed by atoms with van der Waals surface area (Å²) in [6.07, 6.45) is 0.807. The van der Waals surface area contributed by atoms with Crippen molar-refractivity contribution < 1.29 is 9.53 Å².